The van der Waals surface area contributed by atoms with E-state index in [0.717, 1.165) is 0 Å². The molecule has 1 radical (unpaired) electrons. The van der Waals surface area contributed by atoms with Crippen molar-refractivity contribution in [3.63, 3.8) is 0 Å². The third kappa shape index (κ3) is 9.06. The van der Waals surface area contributed by atoms with Gasteiger partial charge in [0.25, 0.3) is 0 Å². The standard InChI is InChI=1S/C3H7O.2Nb/c1-3(2)4;;/h3H,1-2H3;;/q-1;;+1. The summed E-state index contributed by atoms with van der Waals surface area (Å²) in [6.07, 6.45) is 0.406. The fourth-order valence-electron chi connectivity index (χ4n) is 0. The molecule has 3 heteroatoms. The van der Waals surface area contributed by atoms with Gasteiger partial charge < -0.3 is 0 Å². The van der Waals surface area contributed by atoms with Gasteiger partial charge in [0, 0.05) is 22.4 Å². The zero-order chi connectivity index (χ0) is 4.28. The monoisotopic (exact) mass is 245 g/mol. The van der Waals surface area contributed by atoms with Gasteiger partial charge in [-0.1, -0.05) is 0 Å². The molecule has 0 atom stereocenters. The molecule has 0 N–H and O–H groups in total. The maximum atomic E-state index is 4.80. The van der Waals surface area contributed by atoms with Crippen LogP contribution in [0.15, 0.2) is 0 Å². The Kier molecular flexibility index (Phi) is 11.2. The van der Waals surface area contributed by atoms with Gasteiger partial charge >= 0.3 is 44.7 Å². The fraction of sp³-hybridized carbons (Fsp3) is 1.00. The first-order valence-electron chi connectivity index (χ1n) is 1.57. The van der Waals surface area contributed by atoms with Crippen molar-refractivity contribution in [2.75, 3.05) is 0 Å². The van der Waals surface area contributed by atoms with E-state index < -0.39 is 0 Å². The van der Waals surface area contributed by atoms with E-state index in [4.69, 9.17) is 3.24 Å². The maximum Gasteiger partial charge on any atom is 0 e. The largest absolute Gasteiger partial charge is 0 e. The molecule has 0 fully saturated rings. The maximum absolute atomic E-state index is 4.80. The van der Waals surface area contributed by atoms with Crippen molar-refractivity contribution in [2.45, 2.75) is 20.0 Å². The second kappa shape index (κ2) is 6.44. The van der Waals surface area contributed by atoms with Crippen molar-refractivity contribution in [2.24, 2.45) is 0 Å². The Morgan fingerprint density at radius 3 is 1.67 bits per heavy atom. The molecule has 0 aliphatic heterocycles. The van der Waals surface area contributed by atoms with Crippen LogP contribution in [0.5, 0.6) is 0 Å². The minimum atomic E-state index is 0. The van der Waals surface area contributed by atoms with E-state index in [1.165, 1.54) is 21.5 Å². The average Bonchev–Trinajstić information content (AvgIpc) is 1.38. The molecule has 6 heavy (non-hydrogen) atoms. The van der Waals surface area contributed by atoms with Crippen molar-refractivity contribution in [3.8, 4) is 0 Å². The van der Waals surface area contributed by atoms with Crippen LogP contribution in [0, 0.1) is 0 Å². The molecule has 0 saturated carbocycles. The molecule has 0 aliphatic carbocycles. The SMILES string of the molecule is CC(C)[O][Nb].[Nb]. The molecule has 0 bridgehead atoms. The quantitative estimate of drug-likeness (QED) is 0.623. The van der Waals surface area contributed by atoms with Gasteiger partial charge in [0.05, 0.1) is 0 Å². The van der Waals surface area contributed by atoms with Crippen LogP contribution in [0.4, 0.5) is 0 Å². The first kappa shape index (κ1) is 10.4. The Balaban J connectivity index is 0. The van der Waals surface area contributed by atoms with Gasteiger partial charge in [0.2, 0.25) is 0 Å². The van der Waals surface area contributed by atoms with Crippen LogP contribution in [-0.4, -0.2) is 6.10 Å². The Morgan fingerprint density at radius 2 is 1.67 bits per heavy atom. The second-order valence-electron chi connectivity index (χ2n) is 1.15. The molecular weight excluding hydrogens is 238 g/mol. The van der Waals surface area contributed by atoms with Gasteiger partial charge in [-0.25, -0.2) is 0 Å². The van der Waals surface area contributed by atoms with Crippen molar-refractivity contribution in [1.29, 1.82) is 0 Å². The molecule has 0 aromatic heterocycles. The predicted octanol–water partition coefficient (Wildman–Crippen LogP) is 0.871. The zero-order valence-electron chi connectivity index (χ0n) is 3.88. The fourth-order valence-corrected chi connectivity index (χ4v) is 0. The van der Waals surface area contributed by atoms with E-state index >= 15 is 0 Å². The van der Waals surface area contributed by atoms with Gasteiger partial charge in [0.1, 0.15) is 0 Å². The van der Waals surface area contributed by atoms with Crippen LogP contribution < -0.4 is 0 Å². The zero-order valence-corrected chi connectivity index (χ0v) is 8.28. The summed E-state index contributed by atoms with van der Waals surface area (Å²) in [4.78, 5) is 0. The predicted molar refractivity (Wildman–Crippen MR) is 16.2 cm³/mol. The molecule has 0 saturated heterocycles. The third-order valence-corrected chi connectivity index (χ3v) is 1.25. The van der Waals surface area contributed by atoms with Crippen LogP contribution in [-0.2, 0) is 47.1 Å². The van der Waals surface area contributed by atoms with Crippen molar-refractivity contribution in [3.05, 3.63) is 0 Å². The molecule has 0 amide bonds. The molecule has 35 valence electrons. The molecule has 1 nitrogen and oxygen atoms in total. The smallest absolute Gasteiger partial charge is 0 e. The van der Waals surface area contributed by atoms with Gasteiger partial charge in [-0.05, 0) is 0 Å². The minimum Gasteiger partial charge on any atom is 0 e. The molecule has 0 aromatic rings. The van der Waals surface area contributed by atoms with Gasteiger partial charge in [-0.15, -0.1) is 0 Å². The molecular formula is C3H7Nb2O. The Morgan fingerprint density at radius 1 is 1.50 bits per heavy atom. The summed E-state index contributed by atoms with van der Waals surface area (Å²) in [6.45, 7) is 4.03. The van der Waals surface area contributed by atoms with Crippen LogP contribution in [0.3, 0.4) is 0 Å². The summed E-state index contributed by atoms with van der Waals surface area (Å²) in [7, 11) is 0. The number of hydrogen-bond acceptors (Lipinski definition) is 1. The molecule has 0 rings (SSSR count). The van der Waals surface area contributed by atoms with Gasteiger partial charge in [-0.3, -0.25) is 0 Å². The molecule has 0 aliphatic rings. The van der Waals surface area contributed by atoms with E-state index in [0.29, 0.717) is 6.10 Å². The molecule has 0 spiro atoms. The normalized spacial score (nSPS) is 7.83. The van der Waals surface area contributed by atoms with E-state index in [2.05, 4.69) is 0 Å². The first-order valence-corrected chi connectivity index (χ1v) is 2.47. The summed E-state index contributed by atoms with van der Waals surface area (Å²) in [5.74, 6) is 0. The molecule has 0 heterocycles. The third-order valence-electron chi connectivity index (χ3n) is 0.211. The van der Waals surface area contributed by atoms with E-state index in [9.17, 15) is 0 Å². The average molecular weight is 245 g/mol. The van der Waals surface area contributed by atoms with Crippen molar-refractivity contribution >= 4 is 0 Å². The van der Waals surface area contributed by atoms with E-state index in [1.54, 1.807) is 0 Å². The summed E-state index contributed by atoms with van der Waals surface area (Å²) < 4.78 is 4.80. The number of hydrogen-bond donors (Lipinski definition) is 0. The number of rotatable bonds is 1. The minimum absolute atomic E-state index is 0. The van der Waals surface area contributed by atoms with E-state index in [1.807, 2.05) is 13.8 Å². The molecule has 0 aromatic carbocycles. The van der Waals surface area contributed by atoms with Crippen LogP contribution >= 0.6 is 0 Å². The van der Waals surface area contributed by atoms with Crippen LogP contribution in [0.2, 0.25) is 0 Å². The Hall–Kier alpha value is 1.44. The Labute approximate surface area is 66.8 Å². The van der Waals surface area contributed by atoms with E-state index in [-0.39, 0.29) is 22.4 Å². The van der Waals surface area contributed by atoms with Crippen LogP contribution in [0.1, 0.15) is 13.8 Å². The van der Waals surface area contributed by atoms with Gasteiger partial charge in [0.15, 0.2) is 0 Å². The van der Waals surface area contributed by atoms with Crippen LogP contribution in [0.25, 0.3) is 0 Å². The summed E-state index contributed by atoms with van der Waals surface area (Å²) in [6, 6.07) is 0. The van der Waals surface area contributed by atoms with Crippen molar-refractivity contribution < 1.29 is 47.1 Å². The summed E-state index contributed by atoms with van der Waals surface area (Å²) >= 11 is 1.40. The summed E-state index contributed by atoms with van der Waals surface area (Å²) in [5, 5.41) is 0. The van der Waals surface area contributed by atoms with Gasteiger partial charge in [-0.2, -0.15) is 0 Å². The Bertz CT molecular complexity index is 22.8. The second-order valence-corrected chi connectivity index (χ2v) is 1.67. The molecule has 0 unspecified atom stereocenters. The topological polar surface area (TPSA) is 9.23 Å². The van der Waals surface area contributed by atoms with Crippen molar-refractivity contribution in [1.82, 2.24) is 0 Å². The first-order chi connectivity index (χ1) is 2.27. The summed E-state index contributed by atoms with van der Waals surface area (Å²) in [5.41, 5.74) is 0.